The molecular formula is C17H24ClN3O2. The van der Waals surface area contributed by atoms with E-state index in [4.69, 9.17) is 16.3 Å². The molecule has 0 radical (unpaired) electrons. The van der Waals surface area contributed by atoms with Crippen molar-refractivity contribution in [2.75, 3.05) is 39.8 Å². The first-order valence-corrected chi connectivity index (χ1v) is 8.61. The first kappa shape index (κ1) is 16.4. The van der Waals surface area contributed by atoms with E-state index in [9.17, 15) is 4.79 Å². The summed E-state index contributed by atoms with van der Waals surface area (Å²) in [7, 11) is 2.15. The molecule has 0 spiro atoms. The number of nitrogens with zero attached hydrogens (tertiary/aromatic N) is 2. The van der Waals surface area contributed by atoms with Crippen molar-refractivity contribution in [2.45, 2.75) is 18.9 Å². The second-order valence-electron chi connectivity index (χ2n) is 6.53. The Kier molecular flexibility index (Phi) is 5.28. The van der Waals surface area contributed by atoms with Crippen molar-refractivity contribution in [3.05, 3.63) is 29.3 Å². The van der Waals surface area contributed by atoms with Crippen LogP contribution in [0.4, 0.5) is 4.79 Å². The molecule has 5 nitrogen and oxygen atoms in total. The highest BCUT2D eigenvalue weighted by Gasteiger charge is 2.32. The Labute approximate surface area is 142 Å². The van der Waals surface area contributed by atoms with E-state index in [0.717, 1.165) is 38.2 Å². The van der Waals surface area contributed by atoms with E-state index in [0.29, 0.717) is 24.0 Å². The van der Waals surface area contributed by atoms with Gasteiger partial charge in [0.1, 0.15) is 11.9 Å². The SMILES string of the molecule is CN1CCC(CNC(=O)N2CC(Oc3cccc(Cl)c3)C2)CC1. The minimum atomic E-state index is 0.0230. The minimum absolute atomic E-state index is 0.0230. The molecule has 126 valence electrons. The summed E-state index contributed by atoms with van der Waals surface area (Å²) in [5.41, 5.74) is 0. The van der Waals surface area contributed by atoms with Gasteiger partial charge in [0.2, 0.25) is 0 Å². The fourth-order valence-corrected chi connectivity index (χ4v) is 3.20. The van der Waals surface area contributed by atoms with Gasteiger partial charge < -0.3 is 19.9 Å². The van der Waals surface area contributed by atoms with E-state index >= 15 is 0 Å². The number of halogens is 1. The second-order valence-corrected chi connectivity index (χ2v) is 6.97. The fraction of sp³-hybridized carbons (Fsp3) is 0.588. The van der Waals surface area contributed by atoms with Gasteiger partial charge in [-0.15, -0.1) is 0 Å². The van der Waals surface area contributed by atoms with Gasteiger partial charge in [0.15, 0.2) is 0 Å². The lowest BCUT2D eigenvalue weighted by atomic mass is 9.97. The van der Waals surface area contributed by atoms with Gasteiger partial charge in [-0.1, -0.05) is 17.7 Å². The Bertz CT molecular complexity index is 540. The number of rotatable bonds is 4. The lowest BCUT2D eigenvalue weighted by molar-refractivity contribution is 0.0438. The summed E-state index contributed by atoms with van der Waals surface area (Å²) < 4.78 is 5.81. The number of ether oxygens (including phenoxy) is 1. The highest BCUT2D eigenvalue weighted by atomic mass is 35.5. The van der Waals surface area contributed by atoms with Crippen molar-refractivity contribution >= 4 is 17.6 Å². The van der Waals surface area contributed by atoms with E-state index in [-0.39, 0.29) is 12.1 Å². The zero-order valence-corrected chi connectivity index (χ0v) is 14.3. The quantitative estimate of drug-likeness (QED) is 0.918. The van der Waals surface area contributed by atoms with Gasteiger partial charge in [-0.25, -0.2) is 4.79 Å². The molecule has 0 unspecified atom stereocenters. The summed E-state index contributed by atoms with van der Waals surface area (Å²) in [6.07, 6.45) is 2.39. The summed E-state index contributed by atoms with van der Waals surface area (Å²) in [6.45, 7) is 4.29. The lowest BCUT2D eigenvalue weighted by Crippen LogP contribution is -2.59. The van der Waals surface area contributed by atoms with Crippen LogP contribution in [-0.4, -0.2) is 61.7 Å². The van der Waals surface area contributed by atoms with Gasteiger partial charge in [-0.05, 0) is 57.1 Å². The molecule has 0 aromatic heterocycles. The Morgan fingerprint density at radius 3 is 2.78 bits per heavy atom. The number of piperidine rings is 1. The molecule has 2 heterocycles. The predicted molar refractivity (Wildman–Crippen MR) is 91.1 cm³/mol. The number of hydrogen-bond acceptors (Lipinski definition) is 3. The van der Waals surface area contributed by atoms with Crippen LogP contribution in [0.3, 0.4) is 0 Å². The van der Waals surface area contributed by atoms with Gasteiger partial charge in [-0.2, -0.15) is 0 Å². The average Bonchev–Trinajstić information content (AvgIpc) is 2.50. The average molecular weight is 338 g/mol. The standard InChI is InChI=1S/C17H24ClN3O2/c1-20-7-5-13(6-8-20)10-19-17(22)21-11-16(12-21)23-15-4-2-3-14(18)9-15/h2-4,9,13,16H,5-8,10-12H2,1H3,(H,19,22). The topological polar surface area (TPSA) is 44.8 Å². The van der Waals surface area contributed by atoms with Crippen molar-refractivity contribution in [3.63, 3.8) is 0 Å². The molecular weight excluding hydrogens is 314 g/mol. The molecule has 1 N–H and O–H groups in total. The van der Waals surface area contributed by atoms with E-state index in [1.165, 1.54) is 0 Å². The van der Waals surface area contributed by atoms with Crippen molar-refractivity contribution < 1.29 is 9.53 Å². The number of hydrogen-bond donors (Lipinski definition) is 1. The van der Waals surface area contributed by atoms with Gasteiger partial charge in [0, 0.05) is 11.6 Å². The van der Waals surface area contributed by atoms with Crippen LogP contribution in [0.5, 0.6) is 5.75 Å². The zero-order valence-electron chi connectivity index (χ0n) is 13.5. The van der Waals surface area contributed by atoms with E-state index < -0.39 is 0 Å². The monoisotopic (exact) mass is 337 g/mol. The third kappa shape index (κ3) is 4.52. The number of nitrogens with one attached hydrogen (secondary N) is 1. The summed E-state index contributed by atoms with van der Waals surface area (Å²) in [5.74, 6) is 1.36. The van der Waals surface area contributed by atoms with Crippen molar-refractivity contribution in [3.8, 4) is 5.75 Å². The lowest BCUT2D eigenvalue weighted by Gasteiger charge is -2.39. The summed E-state index contributed by atoms with van der Waals surface area (Å²) in [6, 6.07) is 7.38. The molecule has 1 aromatic carbocycles. The molecule has 2 fully saturated rings. The Hall–Kier alpha value is -1.46. The molecule has 2 saturated heterocycles. The smallest absolute Gasteiger partial charge is 0.317 e. The maximum atomic E-state index is 12.1. The normalized spacial score (nSPS) is 20.2. The number of likely N-dealkylation sites (tertiary alicyclic amines) is 2. The maximum Gasteiger partial charge on any atom is 0.317 e. The Morgan fingerprint density at radius 1 is 1.35 bits per heavy atom. The molecule has 0 saturated carbocycles. The molecule has 2 aliphatic heterocycles. The van der Waals surface area contributed by atoms with Gasteiger partial charge >= 0.3 is 6.03 Å². The Balaban J connectivity index is 1.35. The van der Waals surface area contributed by atoms with Crippen LogP contribution in [-0.2, 0) is 0 Å². The number of carbonyl (C=O) groups is 1. The fourth-order valence-electron chi connectivity index (χ4n) is 3.02. The first-order chi connectivity index (χ1) is 11.1. The van der Waals surface area contributed by atoms with Crippen LogP contribution >= 0.6 is 11.6 Å². The van der Waals surface area contributed by atoms with Gasteiger partial charge in [0.25, 0.3) is 0 Å². The molecule has 0 atom stereocenters. The molecule has 23 heavy (non-hydrogen) atoms. The van der Waals surface area contributed by atoms with Crippen LogP contribution in [0, 0.1) is 5.92 Å². The van der Waals surface area contributed by atoms with Gasteiger partial charge in [0.05, 0.1) is 13.1 Å². The van der Waals surface area contributed by atoms with Crippen molar-refractivity contribution in [1.29, 1.82) is 0 Å². The highest BCUT2D eigenvalue weighted by Crippen LogP contribution is 2.21. The molecule has 2 aliphatic rings. The second kappa shape index (κ2) is 7.41. The molecule has 1 aromatic rings. The van der Waals surface area contributed by atoms with Crippen molar-refractivity contribution in [2.24, 2.45) is 5.92 Å². The summed E-state index contributed by atoms with van der Waals surface area (Å²) in [5, 5.41) is 3.72. The predicted octanol–water partition coefficient (Wildman–Crippen LogP) is 2.45. The third-order valence-corrected chi connectivity index (χ3v) is 4.85. The Morgan fingerprint density at radius 2 is 2.09 bits per heavy atom. The maximum absolute atomic E-state index is 12.1. The number of carbonyl (C=O) groups excluding carboxylic acids is 1. The van der Waals surface area contributed by atoms with E-state index in [1.54, 1.807) is 11.0 Å². The van der Waals surface area contributed by atoms with Crippen LogP contribution < -0.4 is 10.1 Å². The molecule has 6 heteroatoms. The number of benzene rings is 1. The van der Waals surface area contributed by atoms with Crippen LogP contribution in [0.2, 0.25) is 5.02 Å². The van der Waals surface area contributed by atoms with Crippen LogP contribution in [0.25, 0.3) is 0 Å². The van der Waals surface area contributed by atoms with Crippen LogP contribution in [0.1, 0.15) is 12.8 Å². The van der Waals surface area contributed by atoms with Gasteiger partial charge in [-0.3, -0.25) is 0 Å². The summed E-state index contributed by atoms with van der Waals surface area (Å²) in [4.78, 5) is 16.2. The van der Waals surface area contributed by atoms with Crippen molar-refractivity contribution in [1.82, 2.24) is 15.1 Å². The van der Waals surface area contributed by atoms with Crippen LogP contribution in [0.15, 0.2) is 24.3 Å². The highest BCUT2D eigenvalue weighted by molar-refractivity contribution is 6.30. The van der Waals surface area contributed by atoms with E-state index in [1.807, 2.05) is 18.2 Å². The first-order valence-electron chi connectivity index (χ1n) is 8.23. The molecule has 0 aliphatic carbocycles. The zero-order chi connectivity index (χ0) is 16.2. The largest absolute Gasteiger partial charge is 0.487 e. The molecule has 3 rings (SSSR count). The van der Waals surface area contributed by atoms with E-state index in [2.05, 4.69) is 17.3 Å². The molecule has 2 amide bonds. The summed E-state index contributed by atoms with van der Waals surface area (Å²) >= 11 is 5.94. The third-order valence-electron chi connectivity index (χ3n) is 4.61. The number of amides is 2. The minimum Gasteiger partial charge on any atom is -0.487 e. The molecule has 0 bridgehead atoms. The number of urea groups is 1.